The molecule has 0 aromatic heterocycles. The summed E-state index contributed by atoms with van der Waals surface area (Å²) < 4.78 is 23.2. The van der Waals surface area contributed by atoms with Gasteiger partial charge in [0.25, 0.3) is 0 Å². The fraction of sp³-hybridized carbons (Fsp3) is 1.00. The summed E-state index contributed by atoms with van der Waals surface area (Å²) in [5, 5.41) is 12.3. The molecule has 5 heteroatoms. The molecule has 90 valence electrons. The molecule has 1 rings (SSSR count). The average Bonchev–Trinajstić information content (AvgIpc) is 2.14. The lowest BCUT2D eigenvalue weighted by atomic mass is 9.91. The topological polar surface area (TPSA) is 66.4 Å². The van der Waals surface area contributed by atoms with Crippen LogP contribution in [0.3, 0.4) is 0 Å². The lowest BCUT2D eigenvalue weighted by molar-refractivity contribution is 0.209. The highest BCUT2D eigenvalue weighted by Crippen LogP contribution is 2.26. The van der Waals surface area contributed by atoms with Gasteiger partial charge in [-0.1, -0.05) is 6.92 Å². The Bertz CT molecular complexity index is 285. The van der Waals surface area contributed by atoms with Gasteiger partial charge in [-0.3, -0.25) is 0 Å². The molecule has 0 spiro atoms. The third-order valence-electron chi connectivity index (χ3n) is 2.95. The zero-order chi connectivity index (χ0) is 11.4. The van der Waals surface area contributed by atoms with Crippen LogP contribution in [-0.4, -0.2) is 43.7 Å². The van der Waals surface area contributed by atoms with Gasteiger partial charge in [-0.15, -0.1) is 0 Å². The smallest absolute Gasteiger partial charge is 0.152 e. The number of aliphatic hydroxyl groups is 1. The first-order valence-corrected chi connectivity index (χ1v) is 7.42. The van der Waals surface area contributed by atoms with E-state index in [2.05, 4.69) is 12.2 Å². The lowest BCUT2D eigenvalue weighted by Crippen LogP contribution is -2.54. The Morgan fingerprint density at radius 3 is 2.73 bits per heavy atom. The molecule has 0 amide bonds. The first kappa shape index (κ1) is 12.9. The van der Waals surface area contributed by atoms with E-state index in [9.17, 15) is 8.42 Å². The minimum Gasteiger partial charge on any atom is -0.396 e. The monoisotopic (exact) mass is 235 g/mol. The molecule has 2 N–H and O–H groups in total. The summed E-state index contributed by atoms with van der Waals surface area (Å²) in [6, 6.07) is 0. The van der Waals surface area contributed by atoms with E-state index in [4.69, 9.17) is 5.11 Å². The normalized spacial score (nSPS) is 30.3. The summed E-state index contributed by atoms with van der Waals surface area (Å²) in [5.41, 5.74) is -0.373. The van der Waals surface area contributed by atoms with Gasteiger partial charge in [-0.25, -0.2) is 8.42 Å². The van der Waals surface area contributed by atoms with Gasteiger partial charge in [0.2, 0.25) is 0 Å². The van der Waals surface area contributed by atoms with Crippen molar-refractivity contribution in [1.82, 2.24) is 5.32 Å². The minimum atomic E-state index is -2.92. The van der Waals surface area contributed by atoms with E-state index in [-0.39, 0.29) is 17.9 Å². The van der Waals surface area contributed by atoms with E-state index in [1.54, 1.807) is 0 Å². The molecule has 4 nitrogen and oxygen atoms in total. The standard InChI is InChI=1S/C10H21NO3S/c1-2-6-11-10(5-7-12)4-3-8-15(13,14)9-10/h11-12H,2-9H2,1H3. The molecular formula is C10H21NO3S. The summed E-state index contributed by atoms with van der Waals surface area (Å²) in [4.78, 5) is 0. The number of hydrogen-bond donors (Lipinski definition) is 2. The van der Waals surface area contributed by atoms with Crippen LogP contribution >= 0.6 is 0 Å². The largest absolute Gasteiger partial charge is 0.396 e. The van der Waals surface area contributed by atoms with Gasteiger partial charge in [-0.05, 0) is 32.2 Å². The van der Waals surface area contributed by atoms with Gasteiger partial charge in [-0.2, -0.15) is 0 Å². The van der Waals surface area contributed by atoms with E-state index in [0.717, 1.165) is 19.4 Å². The SMILES string of the molecule is CCCNC1(CCO)CCCS(=O)(=O)C1. The van der Waals surface area contributed by atoms with Crippen molar-refractivity contribution in [3.05, 3.63) is 0 Å². The highest BCUT2D eigenvalue weighted by Gasteiger charge is 2.37. The van der Waals surface area contributed by atoms with E-state index >= 15 is 0 Å². The molecule has 0 radical (unpaired) electrons. The van der Waals surface area contributed by atoms with Crippen molar-refractivity contribution in [2.75, 3.05) is 24.7 Å². The fourth-order valence-corrected chi connectivity index (χ4v) is 4.19. The van der Waals surface area contributed by atoms with Crippen LogP contribution < -0.4 is 5.32 Å². The summed E-state index contributed by atoms with van der Waals surface area (Å²) in [7, 11) is -2.92. The fourth-order valence-electron chi connectivity index (χ4n) is 2.22. The molecule has 0 aromatic carbocycles. The molecular weight excluding hydrogens is 214 g/mol. The van der Waals surface area contributed by atoms with Gasteiger partial charge in [0.05, 0.1) is 11.5 Å². The Hall–Kier alpha value is -0.130. The minimum absolute atomic E-state index is 0.0479. The number of hydrogen-bond acceptors (Lipinski definition) is 4. The Morgan fingerprint density at radius 1 is 1.47 bits per heavy atom. The molecule has 1 aliphatic heterocycles. The van der Waals surface area contributed by atoms with E-state index in [1.165, 1.54) is 0 Å². The number of aliphatic hydroxyl groups excluding tert-OH is 1. The van der Waals surface area contributed by atoms with Crippen molar-refractivity contribution in [2.45, 2.75) is 38.1 Å². The van der Waals surface area contributed by atoms with Crippen LogP contribution in [0.1, 0.15) is 32.6 Å². The molecule has 0 aliphatic carbocycles. The van der Waals surface area contributed by atoms with Crippen LogP contribution in [0.2, 0.25) is 0 Å². The highest BCUT2D eigenvalue weighted by molar-refractivity contribution is 7.91. The number of sulfone groups is 1. The predicted octanol–water partition coefficient (Wildman–Crippen LogP) is 0.316. The third-order valence-corrected chi connectivity index (χ3v) is 4.85. The third kappa shape index (κ3) is 3.74. The van der Waals surface area contributed by atoms with Gasteiger partial charge in [0.15, 0.2) is 9.84 Å². The van der Waals surface area contributed by atoms with Crippen LogP contribution in [0.4, 0.5) is 0 Å². The first-order chi connectivity index (χ1) is 7.04. The predicted molar refractivity (Wildman–Crippen MR) is 60.6 cm³/mol. The Kier molecular flexibility index (Phi) is 4.55. The molecule has 1 aliphatic rings. The van der Waals surface area contributed by atoms with Crippen molar-refractivity contribution in [3.63, 3.8) is 0 Å². The Morgan fingerprint density at radius 2 is 2.20 bits per heavy atom. The van der Waals surface area contributed by atoms with Crippen LogP contribution in [0, 0.1) is 0 Å². The van der Waals surface area contributed by atoms with Gasteiger partial charge in [0.1, 0.15) is 0 Å². The van der Waals surface area contributed by atoms with Crippen LogP contribution in [0.15, 0.2) is 0 Å². The molecule has 0 bridgehead atoms. The van der Waals surface area contributed by atoms with Crippen LogP contribution in [0.5, 0.6) is 0 Å². The van der Waals surface area contributed by atoms with E-state index in [1.807, 2.05) is 0 Å². The highest BCUT2D eigenvalue weighted by atomic mass is 32.2. The molecule has 1 unspecified atom stereocenters. The molecule has 0 aromatic rings. The zero-order valence-corrected chi connectivity index (χ0v) is 10.1. The number of nitrogens with one attached hydrogen (secondary N) is 1. The van der Waals surface area contributed by atoms with Gasteiger partial charge < -0.3 is 10.4 Å². The zero-order valence-electron chi connectivity index (χ0n) is 9.33. The summed E-state index contributed by atoms with van der Waals surface area (Å²) >= 11 is 0. The molecule has 0 saturated carbocycles. The Balaban J connectivity index is 2.71. The summed E-state index contributed by atoms with van der Waals surface area (Å²) in [5.74, 6) is 0.481. The summed E-state index contributed by atoms with van der Waals surface area (Å²) in [6.45, 7) is 2.92. The number of rotatable bonds is 5. The molecule has 1 saturated heterocycles. The van der Waals surface area contributed by atoms with Crippen molar-refractivity contribution in [1.29, 1.82) is 0 Å². The van der Waals surface area contributed by atoms with Crippen molar-refractivity contribution >= 4 is 9.84 Å². The first-order valence-electron chi connectivity index (χ1n) is 5.60. The van der Waals surface area contributed by atoms with Crippen LogP contribution in [-0.2, 0) is 9.84 Å². The van der Waals surface area contributed by atoms with Crippen molar-refractivity contribution in [2.24, 2.45) is 0 Å². The average molecular weight is 235 g/mol. The van der Waals surface area contributed by atoms with Gasteiger partial charge >= 0.3 is 0 Å². The molecule has 1 fully saturated rings. The maximum atomic E-state index is 11.6. The van der Waals surface area contributed by atoms with E-state index in [0.29, 0.717) is 18.6 Å². The quantitative estimate of drug-likeness (QED) is 0.720. The van der Waals surface area contributed by atoms with Crippen LogP contribution in [0.25, 0.3) is 0 Å². The van der Waals surface area contributed by atoms with Crippen molar-refractivity contribution < 1.29 is 13.5 Å². The summed E-state index contributed by atoms with van der Waals surface area (Å²) in [6.07, 6.45) is 3.07. The molecule has 1 atom stereocenters. The van der Waals surface area contributed by atoms with E-state index < -0.39 is 9.84 Å². The molecule has 1 heterocycles. The van der Waals surface area contributed by atoms with Gasteiger partial charge in [0, 0.05) is 12.1 Å². The molecule has 15 heavy (non-hydrogen) atoms. The maximum Gasteiger partial charge on any atom is 0.152 e. The Labute approximate surface area is 92.0 Å². The second kappa shape index (κ2) is 5.27. The second-order valence-electron chi connectivity index (χ2n) is 4.38. The lowest BCUT2D eigenvalue weighted by Gasteiger charge is -2.37. The maximum absolute atomic E-state index is 11.6. The second-order valence-corrected chi connectivity index (χ2v) is 6.56. The van der Waals surface area contributed by atoms with Crippen molar-refractivity contribution in [3.8, 4) is 0 Å².